The van der Waals surface area contributed by atoms with Gasteiger partial charge in [0.1, 0.15) is 5.82 Å². The third kappa shape index (κ3) is 2.15. The van der Waals surface area contributed by atoms with Crippen LogP contribution in [0.5, 0.6) is 0 Å². The Morgan fingerprint density at radius 1 is 1.10 bits per heavy atom. The van der Waals surface area contributed by atoms with Gasteiger partial charge in [0.25, 0.3) is 5.56 Å². The molecule has 1 aromatic heterocycles. The number of para-hydroxylation sites is 1. The molecule has 0 saturated heterocycles. The zero-order valence-electron chi connectivity index (χ0n) is 10.4. The summed E-state index contributed by atoms with van der Waals surface area (Å²) in [5.74, 6) is -3.73. The van der Waals surface area contributed by atoms with Gasteiger partial charge in [0.05, 0.1) is 16.6 Å². The van der Waals surface area contributed by atoms with Crippen LogP contribution in [-0.4, -0.2) is 9.55 Å². The summed E-state index contributed by atoms with van der Waals surface area (Å²) >= 11 is 4.99. The van der Waals surface area contributed by atoms with Gasteiger partial charge in [0.15, 0.2) is 16.4 Å². The normalized spacial score (nSPS) is 11.0. The highest BCUT2D eigenvalue weighted by atomic mass is 32.1. The molecule has 3 nitrogen and oxygen atoms in total. The average molecular weight is 308 g/mol. The molecule has 1 N–H and O–H groups in total. The Bertz CT molecular complexity index is 978. The van der Waals surface area contributed by atoms with Crippen LogP contribution in [0, 0.1) is 22.2 Å². The van der Waals surface area contributed by atoms with Crippen LogP contribution in [0.1, 0.15) is 0 Å². The van der Waals surface area contributed by atoms with E-state index >= 15 is 0 Å². The highest BCUT2D eigenvalue weighted by molar-refractivity contribution is 7.71. The van der Waals surface area contributed by atoms with Crippen molar-refractivity contribution >= 4 is 23.1 Å². The highest BCUT2D eigenvalue weighted by Gasteiger charge is 2.16. The molecular weight excluding hydrogens is 301 g/mol. The quantitative estimate of drug-likeness (QED) is 0.552. The number of hydrogen-bond acceptors (Lipinski definition) is 2. The van der Waals surface area contributed by atoms with Crippen molar-refractivity contribution in [1.82, 2.24) is 9.55 Å². The molecule has 0 radical (unpaired) electrons. The number of halogens is 3. The Morgan fingerprint density at radius 2 is 1.81 bits per heavy atom. The summed E-state index contributed by atoms with van der Waals surface area (Å²) < 4.78 is 41.1. The Balaban J connectivity index is 2.47. The van der Waals surface area contributed by atoms with Crippen LogP contribution in [-0.2, 0) is 0 Å². The van der Waals surface area contributed by atoms with Gasteiger partial charge in [0.2, 0.25) is 0 Å². The lowest BCUT2D eigenvalue weighted by Crippen LogP contribution is -2.22. The van der Waals surface area contributed by atoms with Gasteiger partial charge in [-0.15, -0.1) is 0 Å². The average Bonchev–Trinajstić information content (AvgIpc) is 2.44. The van der Waals surface area contributed by atoms with E-state index in [0.717, 1.165) is 10.6 Å². The predicted molar refractivity (Wildman–Crippen MR) is 74.6 cm³/mol. The van der Waals surface area contributed by atoms with E-state index in [-0.39, 0.29) is 10.2 Å². The summed E-state index contributed by atoms with van der Waals surface area (Å²) in [7, 11) is 0. The minimum Gasteiger partial charge on any atom is -0.331 e. The lowest BCUT2D eigenvalue weighted by Gasteiger charge is -2.09. The van der Waals surface area contributed by atoms with Crippen LogP contribution in [0.25, 0.3) is 16.6 Å². The summed E-state index contributed by atoms with van der Waals surface area (Å²) in [5, 5.41) is 0.232. The van der Waals surface area contributed by atoms with Crippen molar-refractivity contribution in [3.63, 3.8) is 0 Å². The first-order chi connectivity index (χ1) is 9.99. The lowest BCUT2D eigenvalue weighted by molar-refractivity contribution is 0.489. The molecule has 0 saturated carbocycles. The summed E-state index contributed by atoms with van der Waals surface area (Å²) in [6.07, 6.45) is 0. The number of rotatable bonds is 1. The highest BCUT2D eigenvalue weighted by Crippen LogP contribution is 2.18. The SMILES string of the molecule is O=c1c2ccccc2[nH]c(=S)n1-c1cc(F)cc(F)c1F. The molecule has 21 heavy (non-hydrogen) atoms. The van der Waals surface area contributed by atoms with Crippen molar-refractivity contribution in [3.8, 4) is 5.69 Å². The van der Waals surface area contributed by atoms with E-state index in [1.165, 1.54) is 6.07 Å². The monoisotopic (exact) mass is 308 g/mol. The summed E-state index contributed by atoms with van der Waals surface area (Å²) in [6.45, 7) is 0. The Kier molecular flexibility index (Phi) is 3.13. The molecule has 0 fully saturated rings. The minimum atomic E-state index is -1.39. The largest absolute Gasteiger partial charge is 0.331 e. The second-order valence-electron chi connectivity index (χ2n) is 4.34. The Hall–Kier alpha value is -2.41. The van der Waals surface area contributed by atoms with E-state index in [1.807, 2.05) is 0 Å². The molecule has 0 amide bonds. The van der Waals surface area contributed by atoms with Crippen LogP contribution < -0.4 is 5.56 Å². The van der Waals surface area contributed by atoms with Crippen LogP contribution >= 0.6 is 12.2 Å². The molecule has 0 atom stereocenters. The van der Waals surface area contributed by atoms with Crippen LogP contribution in [0.2, 0.25) is 0 Å². The van der Waals surface area contributed by atoms with Crippen LogP contribution in [0.4, 0.5) is 13.2 Å². The van der Waals surface area contributed by atoms with Crippen molar-refractivity contribution in [3.05, 3.63) is 69.0 Å². The van der Waals surface area contributed by atoms with Crippen molar-refractivity contribution in [1.29, 1.82) is 0 Å². The number of nitrogens with one attached hydrogen (secondary N) is 1. The summed E-state index contributed by atoms with van der Waals surface area (Å²) in [4.78, 5) is 15.1. The van der Waals surface area contributed by atoms with Gasteiger partial charge in [0, 0.05) is 12.1 Å². The number of hydrogen-bond donors (Lipinski definition) is 1. The van der Waals surface area contributed by atoms with Crippen LogP contribution in [0.15, 0.2) is 41.2 Å². The number of nitrogens with zero attached hydrogens (tertiary/aromatic N) is 1. The predicted octanol–water partition coefficient (Wildman–Crippen LogP) is 3.47. The second kappa shape index (κ2) is 4.85. The number of fused-ring (bicyclic) bond motifs is 1. The number of aromatic nitrogens is 2. The maximum Gasteiger partial charge on any atom is 0.266 e. The number of benzene rings is 2. The van der Waals surface area contributed by atoms with Crippen molar-refractivity contribution in [2.45, 2.75) is 0 Å². The molecule has 0 aliphatic carbocycles. The zero-order valence-corrected chi connectivity index (χ0v) is 11.2. The van der Waals surface area contributed by atoms with Gasteiger partial charge in [-0.3, -0.25) is 4.79 Å². The summed E-state index contributed by atoms with van der Waals surface area (Å²) in [6, 6.07) is 7.57. The van der Waals surface area contributed by atoms with Gasteiger partial charge in [-0.25, -0.2) is 17.7 Å². The molecule has 0 aliphatic heterocycles. The molecule has 0 unspecified atom stereocenters. The molecule has 3 rings (SSSR count). The van der Waals surface area contributed by atoms with Crippen molar-refractivity contribution in [2.75, 3.05) is 0 Å². The fourth-order valence-corrected chi connectivity index (χ4v) is 2.38. The Morgan fingerprint density at radius 3 is 2.57 bits per heavy atom. The maximum absolute atomic E-state index is 13.9. The minimum absolute atomic E-state index is 0.150. The van der Waals surface area contributed by atoms with E-state index in [4.69, 9.17) is 12.2 Å². The fraction of sp³-hybridized carbons (Fsp3) is 0. The standard InChI is InChI=1S/C14H7F3N2OS/c15-7-5-9(16)12(17)11(6-7)19-13(20)8-3-1-2-4-10(8)18-14(19)21/h1-6H,(H,18,21). The van der Waals surface area contributed by atoms with Crippen LogP contribution in [0.3, 0.4) is 0 Å². The van der Waals surface area contributed by atoms with E-state index in [2.05, 4.69) is 4.98 Å². The molecule has 0 spiro atoms. The summed E-state index contributed by atoms with van der Waals surface area (Å²) in [5.41, 5.74) is -0.760. The van der Waals surface area contributed by atoms with Gasteiger partial charge in [-0.2, -0.15) is 0 Å². The molecule has 0 bridgehead atoms. The number of aromatic amines is 1. The lowest BCUT2D eigenvalue weighted by atomic mass is 10.2. The fourth-order valence-electron chi connectivity index (χ4n) is 2.09. The first-order valence-electron chi connectivity index (χ1n) is 5.88. The smallest absolute Gasteiger partial charge is 0.266 e. The zero-order chi connectivity index (χ0) is 15.1. The number of H-pyrrole nitrogens is 1. The first-order valence-corrected chi connectivity index (χ1v) is 6.29. The molecule has 1 heterocycles. The van der Waals surface area contributed by atoms with Gasteiger partial charge in [-0.1, -0.05) is 12.1 Å². The Labute approximate surface area is 121 Å². The molecule has 0 aliphatic rings. The van der Waals surface area contributed by atoms with E-state index in [0.29, 0.717) is 11.6 Å². The molecule has 3 aromatic rings. The first kappa shape index (κ1) is 13.6. The van der Waals surface area contributed by atoms with Gasteiger partial charge < -0.3 is 4.98 Å². The molecule has 2 aromatic carbocycles. The molecule has 7 heteroatoms. The molecule has 106 valence electrons. The van der Waals surface area contributed by atoms with E-state index in [1.54, 1.807) is 18.2 Å². The van der Waals surface area contributed by atoms with Gasteiger partial charge >= 0.3 is 0 Å². The van der Waals surface area contributed by atoms with E-state index in [9.17, 15) is 18.0 Å². The second-order valence-corrected chi connectivity index (χ2v) is 4.72. The van der Waals surface area contributed by atoms with E-state index < -0.39 is 28.7 Å². The van der Waals surface area contributed by atoms with Crippen molar-refractivity contribution in [2.24, 2.45) is 0 Å². The maximum atomic E-state index is 13.9. The molecular formula is C14H7F3N2OS. The van der Waals surface area contributed by atoms with Crippen molar-refractivity contribution < 1.29 is 13.2 Å². The third-order valence-electron chi connectivity index (χ3n) is 3.02. The third-order valence-corrected chi connectivity index (χ3v) is 3.30. The van der Waals surface area contributed by atoms with Gasteiger partial charge in [-0.05, 0) is 24.4 Å². The topological polar surface area (TPSA) is 37.8 Å².